The van der Waals surface area contributed by atoms with Gasteiger partial charge in [-0.15, -0.1) is 10.2 Å². The Labute approximate surface area is 160 Å². The van der Waals surface area contributed by atoms with Crippen LogP contribution in [0.3, 0.4) is 0 Å². The van der Waals surface area contributed by atoms with E-state index in [2.05, 4.69) is 40.8 Å². The van der Waals surface area contributed by atoms with Crippen LogP contribution in [-0.2, 0) is 0 Å². The summed E-state index contributed by atoms with van der Waals surface area (Å²) in [5.41, 5.74) is 4.86. The van der Waals surface area contributed by atoms with Crippen molar-refractivity contribution in [3.05, 3.63) is 35.3 Å². The van der Waals surface area contributed by atoms with Gasteiger partial charge < -0.3 is 16.4 Å². The van der Waals surface area contributed by atoms with Crippen molar-refractivity contribution in [2.75, 3.05) is 28.7 Å². The third kappa shape index (κ3) is 4.70. The molecule has 1 aromatic carbocycles. The van der Waals surface area contributed by atoms with Gasteiger partial charge in [-0.2, -0.15) is 0 Å². The Morgan fingerprint density at radius 2 is 2.14 bits per heavy atom. The SMILES string of the molecule is N=C(Nc1ccc(F)c(C(F)F)c1)c1nonc1SCCNc1nnc(N)[nH]1. The van der Waals surface area contributed by atoms with Gasteiger partial charge in [-0.25, -0.2) is 17.8 Å². The van der Waals surface area contributed by atoms with Crippen molar-refractivity contribution in [1.82, 2.24) is 25.5 Å². The van der Waals surface area contributed by atoms with Crippen LogP contribution in [0.2, 0.25) is 0 Å². The van der Waals surface area contributed by atoms with Gasteiger partial charge in [-0.3, -0.25) is 10.4 Å². The first-order valence-corrected chi connectivity index (χ1v) is 8.73. The van der Waals surface area contributed by atoms with E-state index in [0.717, 1.165) is 12.1 Å². The Bertz CT molecular complexity index is 961. The van der Waals surface area contributed by atoms with Crippen LogP contribution in [0.15, 0.2) is 27.9 Å². The highest BCUT2D eigenvalue weighted by molar-refractivity contribution is 7.99. The lowest BCUT2D eigenvalue weighted by molar-refractivity contribution is 0.146. The third-order valence-corrected chi connectivity index (χ3v) is 4.28. The van der Waals surface area contributed by atoms with Gasteiger partial charge in [0.15, 0.2) is 16.6 Å². The highest BCUT2D eigenvalue weighted by atomic mass is 32.2. The molecule has 0 radical (unpaired) electrons. The van der Waals surface area contributed by atoms with Crippen LogP contribution in [0.1, 0.15) is 17.7 Å². The molecule has 0 aliphatic rings. The van der Waals surface area contributed by atoms with E-state index in [1.54, 1.807) is 0 Å². The zero-order chi connectivity index (χ0) is 20.1. The molecule has 2 aromatic heterocycles. The molecule has 0 fully saturated rings. The maximum atomic E-state index is 13.4. The average Bonchev–Trinajstić information content (AvgIpc) is 3.29. The van der Waals surface area contributed by atoms with Gasteiger partial charge in [-0.05, 0) is 28.5 Å². The quantitative estimate of drug-likeness (QED) is 0.162. The Morgan fingerprint density at radius 1 is 1.32 bits per heavy atom. The highest BCUT2D eigenvalue weighted by Crippen LogP contribution is 2.26. The topological polar surface area (TPSA) is 154 Å². The van der Waals surface area contributed by atoms with Crippen molar-refractivity contribution in [1.29, 1.82) is 5.41 Å². The predicted octanol–water partition coefficient (Wildman–Crippen LogP) is 2.49. The smallest absolute Gasteiger partial charge is 0.266 e. The number of hydrogen-bond acceptors (Lipinski definition) is 9. The van der Waals surface area contributed by atoms with Gasteiger partial charge in [0.05, 0.1) is 5.56 Å². The summed E-state index contributed by atoms with van der Waals surface area (Å²) in [6, 6.07) is 3.07. The zero-order valence-electron chi connectivity index (χ0n) is 14.0. The van der Waals surface area contributed by atoms with Crippen LogP contribution in [0.4, 0.5) is 30.8 Å². The third-order valence-electron chi connectivity index (χ3n) is 3.33. The summed E-state index contributed by atoms with van der Waals surface area (Å²) in [5.74, 6) is -0.133. The van der Waals surface area contributed by atoms with Crippen LogP contribution in [-0.4, -0.2) is 43.6 Å². The van der Waals surface area contributed by atoms with Gasteiger partial charge in [0.1, 0.15) is 5.82 Å². The Balaban J connectivity index is 1.58. The molecule has 0 bridgehead atoms. The summed E-state index contributed by atoms with van der Waals surface area (Å²) in [5, 5.41) is 28.6. The molecule has 0 amide bonds. The summed E-state index contributed by atoms with van der Waals surface area (Å²) in [4.78, 5) is 2.71. The fourth-order valence-electron chi connectivity index (χ4n) is 2.09. The number of nitrogens with one attached hydrogen (secondary N) is 4. The van der Waals surface area contributed by atoms with E-state index in [-0.39, 0.29) is 23.2 Å². The predicted molar refractivity (Wildman–Crippen MR) is 96.1 cm³/mol. The first-order chi connectivity index (χ1) is 13.4. The number of nitrogens with zero attached hydrogens (tertiary/aromatic N) is 4. The number of alkyl halides is 2. The second-order valence-electron chi connectivity index (χ2n) is 5.29. The van der Waals surface area contributed by atoms with Gasteiger partial charge in [0.25, 0.3) is 6.43 Å². The number of H-pyrrole nitrogens is 1. The van der Waals surface area contributed by atoms with Crippen LogP contribution in [0.25, 0.3) is 0 Å². The van der Waals surface area contributed by atoms with Crippen molar-refractivity contribution in [3.8, 4) is 0 Å². The Morgan fingerprint density at radius 3 is 2.86 bits per heavy atom. The Kier molecular flexibility index (Phi) is 5.98. The molecule has 3 aromatic rings. The second-order valence-corrected chi connectivity index (χ2v) is 6.37. The molecule has 0 saturated heterocycles. The molecule has 2 heterocycles. The average molecular weight is 413 g/mol. The monoisotopic (exact) mass is 413 g/mol. The molecule has 28 heavy (non-hydrogen) atoms. The van der Waals surface area contributed by atoms with E-state index in [9.17, 15) is 13.2 Å². The number of thioether (sulfide) groups is 1. The molecule has 148 valence electrons. The molecule has 10 nitrogen and oxygen atoms in total. The minimum Gasteiger partial charge on any atom is -0.368 e. The zero-order valence-corrected chi connectivity index (χ0v) is 14.9. The fourth-order valence-corrected chi connectivity index (χ4v) is 2.85. The standard InChI is InChI=1S/C14H14F3N9OS/c15-8-2-1-6(5-7(8)10(16)17)21-11(18)9-12(26-27-25-9)28-4-3-20-14-22-13(19)23-24-14/h1-2,5,10H,3-4H2,(H2,18,21)(H4,19,20,22,23,24). The summed E-state index contributed by atoms with van der Waals surface area (Å²) in [6.45, 7) is 0.474. The number of anilines is 3. The molecular formula is C14H14F3N9OS. The first-order valence-electron chi connectivity index (χ1n) is 7.75. The largest absolute Gasteiger partial charge is 0.368 e. The number of hydrogen-bond donors (Lipinski definition) is 5. The maximum absolute atomic E-state index is 13.4. The molecule has 0 spiro atoms. The minimum atomic E-state index is -2.97. The van der Waals surface area contributed by atoms with Crippen LogP contribution < -0.4 is 16.4 Å². The number of aromatic amines is 1. The van der Waals surface area contributed by atoms with E-state index in [0.29, 0.717) is 23.3 Å². The number of amidine groups is 1. The van der Waals surface area contributed by atoms with E-state index < -0.39 is 17.8 Å². The summed E-state index contributed by atoms with van der Waals surface area (Å²) >= 11 is 1.25. The molecule has 3 rings (SSSR count). The van der Waals surface area contributed by atoms with Crippen molar-refractivity contribution in [3.63, 3.8) is 0 Å². The summed E-state index contributed by atoms with van der Waals surface area (Å²) < 4.78 is 43.6. The number of rotatable bonds is 8. The maximum Gasteiger partial charge on any atom is 0.266 e. The number of nitrogen functional groups attached to an aromatic ring is 1. The second kappa shape index (κ2) is 8.60. The van der Waals surface area contributed by atoms with E-state index in [1.807, 2.05) is 0 Å². The van der Waals surface area contributed by atoms with E-state index in [4.69, 9.17) is 11.1 Å². The Hall–Kier alpha value is -3.29. The van der Waals surface area contributed by atoms with Crippen molar-refractivity contribution in [2.24, 2.45) is 0 Å². The normalized spacial score (nSPS) is 11.0. The molecular weight excluding hydrogens is 399 g/mol. The van der Waals surface area contributed by atoms with Crippen LogP contribution in [0.5, 0.6) is 0 Å². The lowest BCUT2D eigenvalue weighted by atomic mass is 10.2. The van der Waals surface area contributed by atoms with Gasteiger partial charge in [0.2, 0.25) is 11.9 Å². The molecule has 0 atom stereocenters. The highest BCUT2D eigenvalue weighted by Gasteiger charge is 2.18. The van der Waals surface area contributed by atoms with E-state index >= 15 is 0 Å². The summed E-state index contributed by atoms with van der Waals surface area (Å²) in [7, 11) is 0. The number of halogens is 3. The van der Waals surface area contributed by atoms with Gasteiger partial charge in [-0.1, -0.05) is 11.8 Å². The van der Waals surface area contributed by atoms with Gasteiger partial charge >= 0.3 is 0 Å². The first kappa shape index (κ1) is 19.5. The summed E-state index contributed by atoms with van der Waals surface area (Å²) in [6.07, 6.45) is -2.97. The van der Waals surface area contributed by atoms with Crippen molar-refractivity contribution < 1.29 is 17.8 Å². The molecule has 6 N–H and O–H groups in total. The molecule has 0 aliphatic carbocycles. The van der Waals surface area contributed by atoms with Crippen molar-refractivity contribution >= 4 is 35.2 Å². The molecule has 0 saturated carbocycles. The fraction of sp³-hybridized carbons (Fsp3) is 0.214. The number of aromatic nitrogens is 5. The number of nitrogens with two attached hydrogens (primary N) is 1. The minimum absolute atomic E-state index is 0.0943. The van der Waals surface area contributed by atoms with E-state index in [1.165, 1.54) is 17.8 Å². The van der Waals surface area contributed by atoms with Crippen LogP contribution in [0, 0.1) is 11.2 Å². The van der Waals surface area contributed by atoms with Gasteiger partial charge in [0, 0.05) is 18.0 Å². The number of benzene rings is 1. The van der Waals surface area contributed by atoms with Crippen LogP contribution >= 0.6 is 11.8 Å². The van der Waals surface area contributed by atoms with Crippen molar-refractivity contribution in [2.45, 2.75) is 11.5 Å². The lowest BCUT2D eigenvalue weighted by Gasteiger charge is -2.09. The lowest BCUT2D eigenvalue weighted by Crippen LogP contribution is -2.14. The molecule has 14 heteroatoms. The molecule has 0 aliphatic heterocycles. The molecule has 0 unspecified atom stereocenters.